The van der Waals surface area contributed by atoms with Crippen LogP contribution in [-0.2, 0) is 6.54 Å². The molecule has 2 rings (SSSR count). The maximum absolute atomic E-state index is 12.0. The Morgan fingerprint density at radius 2 is 2.05 bits per heavy atom. The van der Waals surface area contributed by atoms with E-state index in [1.54, 1.807) is 25.5 Å². The van der Waals surface area contributed by atoms with E-state index < -0.39 is 0 Å². The summed E-state index contributed by atoms with van der Waals surface area (Å²) in [4.78, 5) is 19.9. The van der Waals surface area contributed by atoms with Crippen molar-refractivity contribution in [2.24, 2.45) is 0 Å². The van der Waals surface area contributed by atoms with E-state index in [4.69, 9.17) is 11.6 Å². The number of aromatic nitrogens is 2. The second-order valence-electron chi connectivity index (χ2n) is 3.85. The number of nitrogens with zero attached hydrogens (tertiary/aromatic N) is 2. The third kappa shape index (κ3) is 3.66. The minimum absolute atomic E-state index is 0.197. The number of anilines is 1. The molecule has 0 saturated heterocycles. The molecular formula is C13H13ClN4O. The van der Waals surface area contributed by atoms with Gasteiger partial charge in [-0.1, -0.05) is 11.6 Å². The number of halogens is 1. The Labute approximate surface area is 116 Å². The lowest BCUT2D eigenvalue weighted by Gasteiger charge is -2.07. The van der Waals surface area contributed by atoms with Crippen molar-refractivity contribution in [2.45, 2.75) is 6.54 Å². The summed E-state index contributed by atoms with van der Waals surface area (Å²) in [6.45, 7) is 0.441. The zero-order valence-electron chi connectivity index (χ0n) is 10.4. The van der Waals surface area contributed by atoms with Crippen molar-refractivity contribution in [1.82, 2.24) is 15.3 Å². The Hall–Kier alpha value is -2.14. The van der Waals surface area contributed by atoms with Crippen LogP contribution in [0.2, 0.25) is 5.15 Å². The van der Waals surface area contributed by atoms with Gasteiger partial charge in [0.15, 0.2) is 0 Å². The van der Waals surface area contributed by atoms with Gasteiger partial charge < -0.3 is 10.6 Å². The van der Waals surface area contributed by atoms with Gasteiger partial charge in [0.25, 0.3) is 5.91 Å². The lowest BCUT2D eigenvalue weighted by atomic mass is 10.2. The summed E-state index contributed by atoms with van der Waals surface area (Å²) in [5.74, 6) is 0.360. The number of hydrogen-bond donors (Lipinski definition) is 2. The topological polar surface area (TPSA) is 66.9 Å². The molecule has 0 aromatic carbocycles. The number of amides is 1. The molecule has 6 heteroatoms. The minimum atomic E-state index is -0.197. The van der Waals surface area contributed by atoms with Crippen LogP contribution in [-0.4, -0.2) is 22.9 Å². The van der Waals surface area contributed by atoms with Gasteiger partial charge >= 0.3 is 0 Å². The Bertz CT molecular complexity index is 574. The summed E-state index contributed by atoms with van der Waals surface area (Å²) in [7, 11) is 1.72. The summed E-state index contributed by atoms with van der Waals surface area (Å²) in [5.41, 5.74) is 1.45. The van der Waals surface area contributed by atoms with Crippen molar-refractivity contribution in [3.63, 3.8) is 0 Å². The van der Waals surface area contributed by atoms with Crippen LogP contribution in [0.5, 0.6) is 0 Å². The number of carbonyl (C=O) groups excluding carboxylic acids is 1. The van der Waals surface area contributed by atoms with E-state index in [-0.39, 0.29) is 11.1 Å². The van der Waals surface area contributed by atoms with Gasteiger partial charge in [-0.2, -0.15) is 0 Å². The number of nitrogens with one attached hydrogen (secondary N) is 2. The van der Waals surface area contributed by atoms with Crippen LogP contribution < -0.4 is 10.6 Å². The van der Waals surface area contributed by atoms with Crippen LogP contribution in [0.15, 0.2) is 36.7 Å². The molecule has 0 aliphatic carbocycles. The fourth-order valence-electron chi connectivity index (χ4n) is 1.54. The van der Waals surface area contributed by atoms with Gasteiger partial charge in [-0.3, -0.25) is 9.78 Å². The molecule has 2 heterocycles. The Balaban J connectivity index is 2.06. The van der Waals surface area contributed by atoms with Crippen LogP contribution in [0.25, 0.3) is 0 Å². The highest BCUT2D eigenvalue weighted by Gasteiger charge is 2.08. The molecule has 0 radical (unpaired) electrons. The largest absolute Gasteiger partial charge is 0.373 e. The van der Waals surface area contributed by atoms with Crippen molar-refractivity contribution in [3.8, 4) is 0 Å². The van der Waals surface area contributed by atoms with Gasteiger partial charge in [-0.25, -0.2) is 4.98 Å². The van der Waals surface area contributed by atoms with Crippen LogP contribution in [0.1, 0.15) is 15.9 Å². The van der Waals surface area contributed by atoms with E-state index >= 15 is 0 Å². The number of hydrogen-bond acceptors (Lipinski definition) is 4. The summed E-state index contributed by atoms with van der Waals surface area (Å²) in [5, 5.41) is 5.94. The SMILES string of the molecule is CNc1cc(C(=O)NCc2ccncc2)cc(Cl)n1. The lowest BCUT2D eigenvalue weighted by molar-refractivity contribution is 0.0951. The molecule has 2 N–H and O–H groups in total. The van der Waals surface area contributed by atoms with Gasteiger partial charge in [-0.05, 0) is 29.8 Å². The lowest BCUT2D eigenvalue weighted by Crippen LogP contribution is -2.23. The predicted octanol–water partition coefficient (Wildman–Crippen LogP) is 2.10. The third-order valence-electron chi connectivity index (χ3n) is 2.51. The molecule has 0 bridgehead atoms. The van der Waals surface area contributed by atoms with E-state index in [0.29, 0.717) is 17.9 Å². The summed E-state index contributed by atoms with van der Waals surface area (Å²) in [6, 6.07) is 6.87. The first-order valence-electron chi connectivity index (χ1n) is 5.71. The molecule has 0 aliphatic rings. The first-order valence-corrected chi connectivity index (χ1v) is 6.09. The fourth-order valence-corrected chi connectivity index (χ4v) is 1.75. The minimum Gasteiger partial charge on any atom is -0.373 e. The second-order valence-corrected chi connectivity index (χ2v) is 4.24. The average Bonchev–Trinajstić information content (AvgIpc) is 2.45. The van der Waals surface area contributed by atoms with Crippen molar-refractivity contribution < 1.29 is 4.79 Å². The van der Waals surface area contributed by atoms with Gasteiger partial charge in [0, 0.05) is 31.5 Å². The predicted molar refractivity (Wildman–Crippen MR) is 74.2 cm³/mol. The number of carbonyl (C=O) groups is 1. The Morgan fingerprint density at radius 1 is 1.32 bits per heavy atom. The van der Waals surface area contributed by atoms with Crippen molar-refractivity contribution in [1.29, 1.82) is 0 Å². The fraction of sp³-hybridized carbons (Fsp3) is 0.154. The molecule has 0 spiro atoms. The zero-order valence-corrected chi connectivity index (χ0v) is 11.1. The first kappa shape index (κ1) is 13.3. The second kappa shape index (κ2) is 6.15. The maximum Gasteiger partial charge on any atom is 0.251 e. The van der Waals surface area contributed by atoms with E-state index in [2.05, 4.69) is 20.6 Å². The molecular weight excluding hydrogens is 264 g/mol. The standard InChI is InChI=1S/C13H13ClN4O/c1-15-12-7-10(6-11(14)18-12)13(19)17-8-9-2-4-16-5-3-9/h2-7H,8H2,1H3,(H,15,18)(H,17,19). The van der Waals surface area contributed by atoms with Crippen LogP contribution in [0.4, 0.5) is 5.82 Å². The highest BCUT2D eigenvalue weighted by atomic mass is 35.5. The highest BCUT2D eigenvalue weighted by molar-refractivity contribution is 6.29. The summed E-state index contributed by atoms with van der Waals surface area (Å²) >= 11 is 5.85. The normalized spacial score (nSPS) is 10.0. The number of pyridine rings is 2. The van der Waals surface area contributed by atoms with Gasteiger partial charge in [0.2, 0.25) is 0 Å². The maximum atomic E-state index is 12.0. The molecule has 0 unspecified atom stereocenters. The van der Waals surface area contributed by atoms with Crippen LogP contribution in [0, 0.1) is 0 Å². The van der Waals surface area contributed by atoms with E-state index in [9.17, 15) is 4.79 Å². The van der Waals surface area contributed by atoms with Crippen LogP contribution in [0.3, 0.4) is 0 Å². The monoisotopic (exact) mass is 276 g/mol. The van der Waals surface area contributed by atoms with E-state index in [0.717, 1.165) is 5.56 Å². The smallest absolute Gasteiger partial charge is 0.251 e. The molecule has 2 aromatic rings. The van der Waals surface area contributed by atoms with Gasteiger partial charge in [0.1, 0.15) is 11.0 Å². The van der Waals surface area contributed by atoms with Crippen molar-refractivity contribution in [2.75, 3.05) is 12.4 Å². The molecule has 19 heavy (non-hydrogen) atoms. The quantitative estimate of drug-likeness (QED) is 0.840. The van der Waals surface area contributed by atoms with Crippen LogP contribution >= 0.6 is 11.6 Å². The zero-order chi connectivity index (χ0) is 13.7. The molecule has 0 atom stereocenters. The Morgan fingerprint density at radius 3 is 2.74 bits per heavy atom. The molecule has 2 aromatic heterocycles. The number of rotatable bonds is 4. The summed E-state index contributed by atoms with van der Waals surface area (Å²) in [6.07, 6.45) is 3.37. The summed E-state index contributed by atoms with van der Waals surface area (Å²) < 4.78 is 0. The molecule has 0 aliphatic heterocycles. The van der Waals surface area contributed by atoms with Gasteiger partial charge in [0.05, 0.1) is 0 Å². The third-order valence-corrected chi connectivity index (χ3v) is 2.71. The molecule has 98 valence electrons. The van der Waals surface area contributed by atoms with Crippen molar-refractivity contribution in [3.05, 3.63) is 52.9 Å². The Kier molecular flexibility index (Phi) is 4.30. The highest BCUT2D eigenvalue weighted by Crippen LogP contribution is 2.14. The average molecular weight is 277 g/mol. The molecule has 0 saturated carbocycles. The molecule has 5 nitrogen and oxygen atoms in total. The molecule has 0 fully saturated rings. The van der Waals surface area contributed by atoms with E-state index in [1.807, 2.05) is 12.1 Å². The van der Waals surface area contributed by atoms with E-state index in [1.165, 1.54) is 6.07 Å². The van der Waals surface area contributed by atoms with Gasteiger partial charge in [-0.15, -0.1) is 0 Å². The molecule has 1 amide bonds. The first-order chi connectivity index (χ1) is 9.19. The van der Waals surface area contributed by atoms with Crippen molar-refractivity contribution >= 4 is 23.3 Å².